The molecule has 1 heterocycles. The average molecular weight is 230 g/mol. The number of rotatable bonds is 3. The Morgan fingerprint density at radius 3 is 2.88 bits per heavy atom. The minimum Gasteiger partial charge on any atom is -0.490 e. The molecule has 2 unspecified atom stereocenters. The molecule has 2 nitrogen and oxygen atoms in total. The van der Waals surface area contributed by atoms with Crippen LogP contribution < -0.4 is 4.74 Å². The van der Waals surface area contributed by atoms with Crippen molar-refractivity contribution in [2.75, 3.05) is 0 Å². The molecule has 0 aromatic heterocycles. The van der Waals surface area contributed by atoms with Crippen LogP contribution in [-0.2, 0) is 6.42 Å². The van der Waals surface area contributed by atoms with Crippen LogP contribution in [0.25, 0.3) is 0 Å². The SMILES string of the molecule is CC1Cc2cc(C(=O)C(C)C3CC3)ccc2O1. The number of carbonyl (C=O) groups excluding carboxylic acids is 1. The predicted molar refractivity (Wildman–Crippen MR) is 66.5 cm³/mol. The van der Waals surface area contributed by atoms with E-state index in [1.807, 2.05) is 18.2 Å². The quantitative estimate of drug-likeness (QED) is 0.745. The minimum absolute atomic E-state index is 0.188. The van der Waals surface area contributed by atoms with Gasteiger partial charge in [-0.25, -0.2) is 0 Å². The van der Waals surface area contributed by atoms with E-state index in [2.05, 4.69) is 13.8 Å². The third-order valence-corrected chi connectivity index (χ3v) is 3.92. The van der Waals surface area contributed by atoms with Gasteiger partial charge in [0.2, 0.25) is 0 Å². The van der Waals surface area contributed by atoms with Crippen molar-refractivity contribution in [3.05, 3.63) is 29.3 Å². The van der Waals surface area contributed by atoms with E-state index >= 15 is 0 Å². The molecule has 17 heavy (non-hydrogen) atoms. The van der Waals surface area contributed by atoms with E-state index in [1.54, 1.807) is 0 Å². The maximum atomic E-state index is 12.3. The second kappa shape index (κ2) is 3.86. The Morgan fingerprint density at radius 1 is 1.41 bits per heavy atom. The van der Waals surface area contributed by atoms with Crippen molar-refractivity contribution in [1.29, 1.82) is 0 Å². The molecular formula is C15H18O2. The van der Waals surface area contributed by atoms with Crippen LogP contribution >= 0.6 is 0 Å². The van der Waals surface area contributed by atoms with Crippen LogP contribution in [0.3, 0.4) is 0 Å². The lowest BCUT2D eigenvalue weighted by Crippen LogP contribution is -2.13. The molecule has 0 radical (unpaired) electrons. The highest BCUT2D eigenvalue weighted by Gasteiger charge is 2.33. The van der Waals surface area contributed by atoms with Gasteiger partial charge in [0.25, 0.3) is 0 Å². The van der Waals surface area contributed by atoms with Gasteiger partial charge in [-0.15, -0.1) is 0 Å². The van der Waals surface area contributed by atoms with Crippen LogP contribution in [0.1, 0.15) is 42.6 Å². The first-order valence-electron chi connectivity index (χ1n) is 6.49. The Bertz CT molecular complexity index is 460. The zero-order valence-electron chi connectivity index (χ0n) is 10.4. The summed E-state index contributed by atoms with van der Waals surface area (Å²) in [6, 6.07) is 5.89. The maximum absolute atomic E-state index is 12.3. The molecule has 90 valence electrons. The van der Waals surface area contributed by atoms with Crippen molar-refractivity contribution in [1.82, 2.24) is 0 Å². The summed E-state index contributed by atoms with van der Waals surface area (Å²) in [4.78, 5) is 12.3. The smallest absolute Gasteiger partial charge is 0.165 e. The van der Waals surface area contributed by atoms with E-state index in [1.165, 1.54) is 18.4 Å². The number of benzene rings is 1. The fourth-order valence-electron chi connectivity index (χ4n) is 2.65. The Balaban J connectivity index is 1.84. The number of hydrogen-bond acceptors (Lipinski definition) is 2. The third-order valence-electron chi connectivity index (χ3n) is 3.92. The number of ether oxygens (including phenoxy) is 1. The highest BCUT2D eigenvalue weighted by Crippen LogP contribution is 2.38. The molecule has 2 atom stereocenters. The molecule has 1 saturated carbocycles. The van der Waals surface area contributed by atoms with Gasteiger partial charge in [0.15, 0.2) is 5.78 Å². The van der Waals surface area contributed by atoms with Crippen LogP contribution in [0.15, 0.2) is 18.2 Å². The molecule has 1 aliphatic heterocycles. The van der Waals surface area contributed by atoms with Gasteiger partial charge in [-0.1, -0.05) is 6.92 Å². The predicted octanol–water partition coefficient (Wildman–Crippen LogP) is 3.24. The van der Waals surface area contributed by atoms with E-state index in [0.717, 1.165) is 17.7 Å². The molecule has 2 heteroatoms. The average Bonchev–Trinajstić information content (AvgIpc) is 3.08. The molecule has 1 aromatic rings. The summed E-state index contributed by atoms with van der Waals surface area (Å²) in [5, 5.41) is 0. The Labute approximate surface area is 102 Å². The van der Waals surface area contributed by atoms with Crippen molar-refractivity contribution < 1.29 is 9.53 Å². The third kappa shape index (κ3) is 1.97. The van der Waals surface area contributed by atoms with Crippen molar-refractivity contribution in [3.63, 3.8) is 0 Å². The minimum atomic E-state index is 0.188. The number of fused-ring (bicyclic) bond motifs is 1. The molecule has 0 spiro atoms. The molecule has 1 aromatic carbocycles. The van der Waals surface area contributed by atoms with E-state index in [0.29, 0.717) is 11.7 Å². The Kier molecular flexibility index (Phi) is 2.46. The van der Waals surface area contributed by atoms with E-state index in [-0.39, 0.29) is 12.0 Å². The van der Waals surface area contributed by atoms with Crippen LogP contribution in [0.2, 0.25) is 0 Å². The molecule has 0 N–H and O–H groups in total. The van der Waals surface area contributed by atoms with Gasteiger partial charge in [-0.05, 0) is 49.4 Å². The molecule has 1 fully saturated rings. The van der Waals surface area contributed by atoms with Gasteiger partial charge in [-0.2, -0.15) is 0 Å². The van der Waals surface area contributed by atoms with E-state index in [4.69, 9.17) is 4.74 Å². The first-order chi connectivity index (χ1) is 8.15. The van der Waals surface area contributed by atoms with Crippen molar-refractivity contribution in [2.24, 2.45) is 11.8 Å². The second-order valence-electron chi connectivity index (χ2n) is 5.45. The van der Waals surface area contributed by atoms with Crippen LogP contribution in [0.5, 0.6) is 5.75 Å². The Hall–Kier alpha value is -1.31. The highest BCUT2D eigenvalue weighted by atomic mass is 16.5. The zero-order chi connectivity index (χ0) is 12.0. The Morgan fingerprint density at radius 2 is 2.18 bits per heavy atom. The molecule has 3 rings (SSSR count). The second-order valence-corrected chi connectivity index (χ2v) is 5.45. The summed E-state index contributed by atoms with van der Waals surface area (Å²) in [6.07, 6.45) is 3.61. The molecule has 0 saturated heterocycles. The fourth-order valence-corrected chi connectivity index (χ4v) is 2.65. The normalized spacial score (nSPS) is 24.0. The number of hydrogen-bond donors (Lipinski definition) is 0. The standard InChI is InChI=1S/C15H18O2/c1-9-7-13-8-12(5-6-14(13)17-9)15(16)10(2)11-3-4-11/h5-6,8-11H,3-4,7H2,1-2H3. The first-order valence-corrected chi connectivity index (χ1v) is 6.49. The number of Topliss-reactive ketones (excluding diaryl/α,β-unsaturated/α-hetero) is 1. The maximum Gasteiger partial charge on any atom is 0.165 e. The van der Waals surface area contributed by atoms with Crippen LogP contribution in [-0.4, -0.2) is 11.9 Å². The summed E-state index contributed by atoms with van der Waals surface area (Å²) in [6.45, 7) is 4.13. The van der Waals surface area contributed by atoms with Crippen LogP contribution in [0.4, 0.5) is 0 Å². The summed E-state index contributed by atoms with van der Waals surface area (Å²) < 4.78 is 5.65. The van der Waals surface area contributed by atoms with Crippen molar-refractivity contribution in [2.45, 2.75) is 39.2 Å². The largest absolute Gasteiger partial charge is 0.490 e. The highest BCUT2D eigenvalue weighted by molar-refractivity contribution is 5.98. The van der Waals surface area contributed by atoms with Gasteiger partial charge in [0.1, 0.15) is 11.9 Å². The van der Waals surface area contributed by atoms with Gasteiger partial charge < -0.3 is 4.74 Å². The molecular weight excluding hydrogens is 212 g/mol. The fraction of sp³-hybridized carbons (Fsp3) is 0.533. The van der Waals surface area contributed by atoms with Gasteiger partial charge in [-0.3, -0.25) is 4.79 Å². The lowest BCUT2D eigenvalue weighted by Gasteiger charge is -2.09. The van der Waals surface area contributed by atoms with Gasteiger partial charge in [0.05, 0.1) is 0 Å². The van der Waals surface area contributed by atoms with Crippen molar-refractivity contribution in [3.8, 4) is 5.75 Å². The lowest BCUT2D eigenvalue weighted by atomic mass is 9.93. The molecule has 1 aliphatic carbocycles. The molecule has 2 aliphatic rings. The summed E-state index contributed by atoms with van der Waals surface area (Å²) in [7, 11) is 0. The topological polar surface area (TPSA) is 26.3 Å². The number of carbonyl (C=O) groups is 1. The lowest BCUT2D eigenvalue weighted by molar-refractivity contribution is 0.0916. The number of ketones is 1. The van der Waals surface area contributed by atoms with E-state index < -0.39 is 0 Å². The van der Waals surface area contributed by atoms with Crippen LogP contribution in [0, 0.1) is 11.8 Å². The summed E-state index contributed by atoms with van der Waals surface area (Å²) in [5.41, 5.74) is 2.05. The summed E-state index contributed by atoms with van der Waals surface area (Å²) >= 11 is 0. The van der Waals surface area contributed by atoms with E-state index in [9.17, 15) is 4.79 Å². The van der Waals surface area contributed by atoms with Crippen molar-refractivity contribution >= 4 is 5.78 Å². The zero-order valence-corrected chi connectivity index (χ0v) is 10.4. The van der Waals surface area contributed by atoms with Gasteiger partial charge in [0, 0.05) is 17.9 Å². The monoisotopic (exact) mass is 230 g/mol. The summed E-state index contributed by atoms with van der Waals surface area (Å²) in [5.74, 6) is 2.07. The first kappa shape index (κ1) is 10.8. The molecule has 0 bridgehead atoms. The van der Waals surface area contributed by atoms with Gasteiger partial charge >= 0.3 is 0 Å². The molecule has 0 amide bonds.